The lowest BCUT2D eigenvalue weighted by Crippen LogP contribution is -2.33. The molecular weight excluding hydrogens is 290 g/mol. The molecule has 118 valence electrons. The maximum Gasteiger partial charge on any atom is 0.162 e. The Balaban J connectivity index is 1.49. The molecule has 0 saturated carbocycles. The molecule has 2 aromatic heterocycles. The molecule has 0 unspecified atom stereocenters. The third-order valence-electron chi connectivity index (χ3n) is 4.27. The van der Waals surface area contributed by atoms with Crippen LogP contribution >= 0.6 is 0 Å². The molecule has 0 amide bonds. The van der Waals surface area contributed by atoms with Gasteiger partial charge in [0.25, 0.3) is 0 Å². The fourth-order valence-electron chi connectivity index (χ4n) is 3.09. The quantitative estimate of drug-likeness (QED) is 0.864. The molecule has 0 fully saturated rings. The Morgan fingerprint density at radius 2 is 2.04 bits per heavy atom. The highest BCUT2D eigenvalue weighted by atomic mass is 16.5. The van der Waals surface area contributed by atoms with Crippen LogP contribution in [0.5, 0.6) is 0 Å². The number of fused-ring (bicyclic) bond motifs is 1. The Labute approximate surface area is 135 Å². The Morgan fingerprint density at radius 3 is 2.87 bits per heavy atom. The molecule has 4 heterocycles. The summed E-state index contributed by atoms with van der Waals surface area (Å²) in [5.41, 5.74) is 4.61. The highest BCUT2D eigenvalue weighted by Crippen LogP contribution is 2.22. The Bertz CT molecular complexity index is 716. The van der Waals surface area contributed by atoms with Crippen molar-refractivity contribution in [3.8, 4) is 11.4 Å². The standard InChI is InChI=1S/C17H19N5O/c1-2-13(11-23-5-1)9-22-4-3-16-15(10-22)8-20-17(21-16)14-6-18-12-19-7-14/h6-8,11-12H,1-5,9-10H2. The molecular formula is C17H19N5O. The summed E-state index contributed by atoms with van der Waals surface area (Å²) in [4.78, 5) is 19.7. The van der Waals surface area contributed by atoms with E-state index in [0.29, 0.717) is 5.82 Å². The molecule has 23 heavy (non-hydrogen) atoms. The van der Waals surface area contributed by atoms with Gasteiger partial charge in [0.05, 0.1) is 24.1 Å². The highest BCUT2D eigenvalue weighted by molar-refractivity contribution is 5.52. The minimum atomic E-state index is 0.709. The molecule has 0 aromatic carbocycles. The maximum atomic E-state index is 5.43. The van der Waals surface area contributed by atoms with E-state index in [0.717, 1.165) is 56.8 Å². The smallest absolute Gasteiger partial charge is 0.162 e. The number of ether oxygens (including phenoxy) is 1. The summed E-state index contributed by atoms with van der Waals surface area (Å²) < 4.78 is 5.43. The van der Waals surface area contributed by atoms with Gasteiger partial charge in [0.2, 0.25) is 0 Å². The van der Waals surface area contributed by atoms with Crippen LogP contribution in [0.4, 0.5) is 0 Å². The third-order valence-corrected chi connectivity index (χ3v) is 4.27. The zero-order chi connectivity index (χ0) is 15.5. The van der Waals surface area contributed by atoms with E-state index in [2.05, 4.69) is 19.9 Å². The van der Waals surface area contributed by atoms with Gasteiger partial charge in [-0.25, -0.2) is 19.9 Å². The molecule has 6 heteroatoms. The molecule has 0 spiro atoms. The molecule has 4 rings (SSSR count). The van der Waals surface area contributed by atoms with Crippen LogP contribution in [0.15, 0.2) is 36.8 Å². The highest BCUT2D eigenvalue weighted by Gasteiger charge is 2.20. The molecule has 0 saturated heterocycles. The van der Waals surface area contributed by atoms with Crippen LogP contribution in [0.2, 0.25) is 0 Å². The lowest BCUT2D eigenvalue weighted by Gasteiger charge is -2.29. The van der Waals surface area contributed by atoms with E-state index in [1.54, 1.807) is 12.4 Å². The normalized spacial score (nSPS) is 18.0. The second-order valence-corrected chi connectivity index (χ2v) is 6.00. The number of aromatic nitrogens is 4. The van der Waals surface area contributed by atoms with Crippen molar-refractivity contribution in [3.63, 3.8) is 0 Å². The Hall–Kier alpha value is -2.34. The summed E-state index contributed by atoms with van der Waals surface area (Å²) >= 11 is 0. The predicted octanol–water partition coefficient (Wildman–Crippen LogP) is 1.99. The van der Waals surface area contributed by atoms with Crippen molar-refractivity contribution < 1.29 is 4.74 Å². The second kappa shape index (κ2) is 6.42. The largest absolute Gasteiger partial charge is 0.501 e. The van der Waals surface area contributed by atoms with Crippen LogP contribution in [-0.2, 0) is 17.7 Å². The van der Waals surface area contributed by atoms with E-state index in [9.17, 15) is 0 Å². The van der Waals surface area contributed by atoms with Gasteiger partial charge in [-0.3, -0.25) is 4.90 Å². The van der Waals surface area contributed by atoms with Crippen molar-refractivity contribution in [1.29, 1.82) is 0 Å². The molecule has 0 N–H and O–H groups in total. The summed E-state index contributed by atoms with van der Waals surface area (Å²) in [6, 6.07) is 0. The van der Waals surface area contributed by atoms with Crippen LogP contribution in [-0.4, -0.2) is 44.5 Å². The minimum absolute atomic E-state index is 0.709. The van der Waals surface area contributed by atoms with Gasteiger partial charge >= 0.3 is 0 Å². The van der Waals surface area contributed by atoms with Gasteiger partial charge in [0, 0.05) is 50.2 Å². The Kier molecular flexibility index (Phi) is 3.98. The first kappa shape index (κ1) is 14.3. The van der Waals surface area contributed by atoms with E-state index in [-0.39, 0.29) is 0 Å². The monoisotopic (exact) mass is 309 g/mol. The van der Waals surface area contributed by atoms with Crippen LogP contribution in [0.1, 0.15) is 24.1 Å². The lowest BCUT2D eigenvalue weighted by molar-refractivity contribution is 0.208. The van der Waals surface area contributed by atoms with Crippen LogP contribution in [0.3, 0.4) is 0 Å². The molecule has 0 atom stereocenters. The van der Waals surface area contributed by atoms with Crippen LogP contribution < -0.4 is 0 Å². The molecule has 6 nitrogen and oxygen atoms in total. The fraction of sp³-hybridized carbons (Fsp3) is 0.412. The van der Waals surface area contributed by atoms with Gasteiger partial charge < -0.3 is 4.74 Å². The molecule has 2 aliphatic rings. The second-order valence-electron chi connectivity index (χ2n) is 6.00. The van der Waals surface area contributed by atoms with Crippen LogP contribution in [0.25, 0.3) is 11.4 Å². The molecule has 0 bridgehead atoms. The zero-order valence-electron chi connectivity index (χ0n) is 13.0. The van der Waals surface area contributed by atoms with Crippen molar-refractivity contribution in [1.82, 2.24) is 24.8 Å². The average Bonchev–Trinajstić information content (AvgIpc) is 2.63. The van der Waals surface area contributed by atoms with E-state index in [4.69, 9.17) is 9.72 Å². The fourth-order valence-corrected chi connectivity index (χ4v) is 3.09. The van der Waals surface area contributed by atoms with Gasteiger partial charge in [0.15, 0.2) is 5.82 Å². The molecule has 2 aromatic rings. The minimum Gasteiger partial charge on any atom is -0.501 e. The first-order valence-electron chi connectivity index (χ1n) is 8.00. The van der Waals surface area contributed by atoms with Gasteiger partial charge in [-0.05, 0) is 18.4 Å². The van der Waals surface area contributed by atoms with Crippen molar-refractivity contribution in [2.75, 3.05) is 19.7 Å². The Morgan fingerprint density at radius 1 is 1.13 bits per heavy atom. The zero-order valence-corrected chi connectivity index (χ0v) is 13.0. The number of rotatable bonds is 3. The van der Waals surface area contributed by atoms with E-state index < -0.39 is 0 Å². The van der Waals surface area contributed by atoms with Gasteiger partial charge in [0.1, 0.15) is 6.33 Å². The first-order chi connectivity index (χ1) is 11.4. The summed E-state index contributed by atoms with van der Waals surface area (Å²) in [7, 11) is 0. The van der Waals surface area contributed by atoms with Gasteiger partial charge in [-0.1, -0.05) is 0 Å². The van der Waals surface area contributed by atoms with Crippen molar-refractivity contribution >= 4 is 0 Å². The number of nitrogens with zero attached hydrogens (tertiary/aromatic N) is 5. The molecule has 2 aliphatic heterocycles. The van der Waals surface area contributed by atoms with E-state index in [1.165, 1.54) is 17.5 Å². The third kappa shape index (κ3) is 3.22. The van der Waals surface area contributed by atoms with Crippen LogP contribution in [0, 0.1) is 0 Å². The summed E-state index contributed by atoms with van der Waals surface area (Å²) in [6.45, 7) is 3.75. The van der Waals surface area contributed by atoms with Crippen molar-refractivity contribution in [2.45, 2.75) is 25.8 Å². The van der Waals surface area contributed by atoms with Crippen molar-refractivity contribution in [2.24, 2.45) is 0 Å². The van der Waals surface area contributed by atoms with Gasteiger partial charge in [-0.15, -0.1) is 0 Å². The average molecular weight is 309 g/mol. The van der Waals surface area contributed by atoms with Gasteiger partial charge in [-0.2, -0.15) is 0 Å². The maximum absolute atomic E-state index is 5.43. The van der Waals surface area contributed by atoms with Crippen molar-refractivity contribution in [3.05, 3.63) is 48.0 Å². The number of hydrogen-bond donors (Lipinski definition) is 0. The molecule has 0 radical (unpaired) electrons. The summed E-state index contributed by atoms with van der Waals surface area (Å²) in [5, 5.41) is 0. The first-order valence-corrected chi connectivity index (χ1v) is 8.00. The molecule has 0 aliphatic carbocycles. The van der Waals surface area contributed by atoms with E-state index >= 15 is 0 Å². The lowest BCUT2D eigenvalue weighted by atomic mass is 10.0. The number of hydrogen-bond acceptors (Lipinski definition) is 6. The summed E-state index contributed by atoms with van der Waals surface area (Å²) in [6.07, 6.45) is 12.1. The summed E-state index contributed by atoms with van der Waals surface area (Å²) in [5.74, 6) is 0.709. The SMILES string of the molecule is C1=C(CN2CCc3nc(-c4cncnc4)ncc3C2)CCCO1. The predicted molar refractivity (Wildman–Crippen MR) is 85.3 cm³/mol. The van der Waals surface area contributed by atoms with E-state index in [1.807, 2.05) is 12.5 Å². The topological polar surface area (TPSA) is 64.0 Å².